The molecule has 0 radical (unpaired) electrons. The average Bonchev–Trinajstić information content (AvgIpc) is 3.29. The standard InChI is InChI=1S/C26H26FN5O3/c1-16-13-18(4-5-20(16)26(34)31-10-7-19(33)8-11-31)30-24-25-29-15-22(32(25)12-9-28-24)17-3-6-23(35-2)21(27)14-17/h3-6,9,12-15,19,33H,7-8,10-11H2,1-2H3,(H,28,30). The van der Waals surface area contributed by atoms with Gasteiger partial charge >= 0.3 is 0 Å². The Morgan fingerprint density at radius 1 is 1.17 bits per heavy atom. The van der Waals surface area contributed by atoms with Gasteiger partial charge in [0.1, 0.15) is 0 Å². The molecule has 0 unspecified atom stereocenters. The third-order valence-electron chi connectivity index (χ3n) is 6.35. The number of anilines is 2. The Morgan fingerprint density at radius 2 is 1.97 bits per heavy atom. The first-order valence-corrected chi connectivity index (χ1v) is 11.5. The highest BCUT2D eigenvalue weighted by Gasteiger charge is 2.23. The lowest BCUT2D eigenvalue weighted by Gasteiger charge is -2.30. The van der Waals surface area contributed by atoms with E-state index in [0.717, 1.165) is 16.9 Å². The van der Waals surface area contributed by atoms with Crippen molar-refractivity contribution in [1.82, 2.24) is 19.3 Å². The Balaban J connectivity index is 1.40. The van der Waals surface area contributed by atoms with Gasteiger partial charge in [0, 0.05) is 42.3 Å². The van der Waals surface area contributed by atoms with Crippen molar-refractivity contribution >= 4 is 23.1 Å². The number of hydrogen-bond donors (Lipinski definition) is 2. The summed E-state index contributed by atoms with van der Waals surface area (Å²) in [5.74, 6) is 0.252. The number of imidazole rings is 1. The second kappa shape index (κ2) is 9.34. The summed E-state index contributed by atoms with van der Waals surface area (Å²) in [6.07, 6.45) is 5.98. The van der Waals surface area contributed by atoms with Gasteiger partial charge in [-0.05, 0) is 61.7 Å². The van der Waals surface area contributed by atoms with E-state index in [9.17, 15) is 14.3 Å². The Kier molecular flexibility index (Phi) is 6.08. The van der Waals surface area contributed by atoms with Crippen LogP contribution in [0.2, 0.25) is 0 Å². The van der Waals surface area contributed by atoms with Gasteiger partial charge in [0.2, 0.25) is 0 Å². The van der Waals surface area contributed by atoms with Gasteiger partial charge in [-0.3, -0.25) is 9.20 Å². The van der Waals surface area contributed by atoms with Gasteiger partial charge < -0.3 is 20.1 Å². The molecule has 1 aliphatic rings. The second-order valence-corrected chi connectivity index (χ2v) is 8.64. The first-order chi connectivity index (χ1) is 16.9. The van der Waals surface area contributed by atoms with Crippen LogP contribution < -0.4 is 10.1 Å². The number of likely N-dealkylation sites (tertiary alicyclic amines) is 1. The number of fused-ring (bicyclic) bond motifs is 1. The topological polar surface area (TPSA) is 92.0 Å². The number of aliphatic hydroxyl groups excluding tert-OH is 1. The minimum absolute atomic E-state index is 0.0224. The molecule has 0 saturated carbocycles. The number of rotatable bonds is 5. The number of benzene rings is 2. The fourth-order valence-corrected chi connectivity index (χ4v) is 4.40. The maximum absolute atomic E-state index is 14.3. The van der Waals surface area contributed by atoms with E-state index < -0.39 is 5.82 Å². The summed E-state index contributed by atoms with van der Waals surface area (Å²) in [5, 5.41) is 13.0. The van der Waals surface area contributed by atoms with Crippen molar-refractivity contribution < 1.29 is 19.0 Å². The lowest BCUT2D eigenvalue weighted by molar-refractivity contribution is 0.0546. The summed E-state index contributed by atoms with van der Waals surface area (Å²) in [6.45, 7) is 3.02. The molecule has 0 spiro atoms. The van der Waals surface area contributed by atoms with E-state index in [-0.39, 0.29) is 17.8 Å². The summed E-state index contributed by atoms with van der Waals surface area (Å²) in [5.41, 5.74) is 4.23. The highest BCUT2D eigenvalue weighted by atomic mass is 19.1. The molecule has 1 amide bonds. The van der Waals surface area contributed by atoms with Crippen LogP contribution in [0.4, 0.5) is 15.9 Å². The monoisotopic (exact) mass is 475 g/mol. The van der Waals surface area contributed by atoms with Crippen molar-refractivity contribution in [2.75, 3.05) is 25.5 Å². The number of methoxy groups -OCH3 is 1. The summed E-state index contributed by atoms with van der Waals surface area (Å²) in [7, 11) is 1.43. The minimum atomic E-state index is -0.446. The Labute approximate surface area is 202 Å². The number of nitrogens with zero attached hydrogens (tertiary/aromatic N) is 4. The maximum Gasteiger partial charge on any atom is 0.254 e. The summed E-state index contributed by atoms with van der Waals surface area (Å²) >= 11 is 0. The largest absolute Gasteiger partial charge is 0.494 e. The number of carbonyl (C=O) groups excluding carboxylic acids is 1. The van der Waals surface area contributed by atoms with Gasteiger partial charge in [-0.2, -0.15) is 0 Å². The van der Waals surface area contributed by atoms with E-state index in [2.05, 4.69) is 15.3 Å². The molecule has 0 aliphatic carbocycles. The first kappa shape index (κ1) is 22.8. The molecule has 8 nitrogen and oxygen atoms in total. The lowest BCUT2D eigenvalue weighted by Crippen LogP contribution is -2.40. The quantitative estimate of drug-likeness (QED) is 0.450. The van der Waals surface area contributed by atoms with E-state index in [1.54, 1.807) is 35.6 Å². The molecule has 9 heteroatoms. The van der Waals surface area contributed by atoms with Crippen molar-refractivity contribution in [2.45, 2.75) is 25.9 Å². The average molecular weight is 476 g/mol. The number of piperidine rings is 1. The van der Waals surface area contributed by atoms with Gasteiger partial charge in [0.25, 0.3) is 5.91 Å². The number of aliphatic hydroxyl groups is 1. The van der Waals surface area contributed by atoms with Crippen LogP contribution in [-0.2, 0) is 0 Å². The SMILES string of the molecule is COc1ccc(-c2cnc3c(Nc4ccc(C(=O)N5CCC(O)CC5)c(C)c4)nccn23)cc1F. The highest BCUT2D eigenvalue weighted by Crippen LogP contribution is 2.29. The third kappa shape index (κ3) is 4.42. The number of hydrogen-bond acceptors (Lipinski definition) is 6. The van der Waals surface area contributed by atoms with Crippen LogP contribution in [0.3, 0.4) is 0 Å². The molecule has 1 saturated heterocycles. The minimum Gasteiger partial charge on any atom is -0.494 e. The van der Waals surface area contributed by atoms with E-state index in [1.807, 2.05) is 29.5 Å². The summed E-state index contributed by atoms with van der Waals surface area (Å²) in [6, 6.07) is 10.3. The molecule has 4 aromatic rings. The maximum atomic E-state index is 14.3. The van der Waals surface area contributed by atoms with Crippen LogP contribution in [0.25, 0.3) is 16.9 Å². The summed E-state index contributed by atoms with van der Waals surface area (Å²) < 4.78 is 21.1. The predicted molar refractivity (Wildman–Crippen MR) is 131 cm³/mol. The van der Waals surface area contributed by atoms with Crippen molar-refractivity contribution in [3.8, 4) is 17.0 Å². The molecule has 0 atom stereocenters. The fraction of sp³-hybridized carbons (Fsp3) is 0.269. The number of aromatic nitrogens is 3. The van der Waals surface area contributed by atoms with Gasteiger partial charge in [0.15, 0.2) is 23.0 Å². The molecule has 35 heavy (non-hydrogen) atoms. The van der Waals surface area contributed by atoms with Gasteiger partial charge in [-0.15, -0.1) is 0 Å². The molecule has 1 aliphatic heterocycles. The molecule has 2 N–H and O–H groups in total. The number of aryl methyl sites for hydroxylation is 1. The molecule has 5 rings (SSSR count). The van der Waals surface area contributed by atoms with Gasteiger partial charge in [0.05, 0.1) is 25.1 Å². The smallest absolute Gasteiger partial charge is 0.254 e. The van der Waals surface area contributed by atoms with E-state index in [1.165, 1.54) is 13.2 Å². The van der Waals surface area contributed by atoms with E-state index in [0.29, 0.717) is 48.5 Å². The molecule has 3 heterocycles. The normalized spacial score (nSPS) is 14.3. The Bertz CT molecular complexity index is 1400. The molecule has 180 valence electrons. The molecule has 2 aromatic carbocycles. The molecule has 1 fully saturated rings. The van der Waals surface area contributed by atoms with Crippen LogP contribution in [0.15, 0.2) is 55.0 Å². The zero-order valence-corrected chi connectivity index (χ0v) is 19.5. The van der Waals surface area contributed by atoms with Crippen LogP contribution in [0.1, 0.15) is 28.8 Å². The number of ether oxygens (including phenoxy) is 1. The van der Waals surface area contributed by atoms with Crippen LogP contribution in [0.5, 0.6) is 5.75 Å². The Morgan fingerprint density at radius 3 is 2.69 bits per heavy atom. The zero-order valence-electron chi connectivity index (χ0n) is 19.5. The number of carbonyl (C=O) groups is 1. The number of amides is 1. The van der Waals surface area contributed by atoms with Crippen LogP contribution in [-0.4, -0.2) is 56.6 Å². The van der Waals surface area contributed by atoms with E-state index in [4.69, 9.17) is 4.74 Å². The molecule has 0 bridgehead atoms. The van der Waals surface area contributed by atoms with Crippen molar-refractivity contribution in [1.29, 1.82) is 0 Å². The first-order valence-electron chi connectivity index (χ1n) is 11.5. The van der Waals surface area contributed by atoms with Crippen LogP contribution in [0, 0.1) is 12.7 Å². The molecular formula is C26H26FN5O3. The van der Waals surface area contributed by atoms with Gasteiger partial charge in [-0.1, -0.05) is 0 Å². The van der Waals surface area contributed by atoms with Crippen molar-refractivity contribution in [3.63, 3.8) is 0 Å². The van der Waals surface area contributed by atoms with E-state index >= 15 is 0 Å². The Hall–Kier alpha value is -3.98. The zero-order chi connectivity index (χ0) is 24.5. The molecule has 2 aromatic heterocycles. The summed E-state index contributed by atoms with van der Waals surface area (Å²) in [4.78, 5) is 23.7. The molecular weight excluding hydrogens is 449 g/mol. The van der Waals surface area contributed by atoms with Crippen LogP contribution >= 0.6 is 0 Å². The highest BCUT2D eigenvalue weighted by molar-refractivity contribution is 5.96. The lowest BCUT2D eigenvalue weighted by atomic mass is 10.0. The third-order valence-corrected chi connectivity index (χ3v) is 6.35. The second-order valence-electron chi connectivity index (χ2n) is 8.64. The van der Waals surface area contributed by atoms with Crippen molar-refractivity contribution in [2.24, 2.45) is 0 Å². The predicted octanol–water partition coefficient (Wildman–Crippen LogP) is 4.19. The van der Waals surface area contributed by atoms with Gasteiger partial charge in [-0.25, -0.2) is 14.4 Å². The number of nitrogens with one attached hydrogen (secondary N) is 1. The fourth-order valence-electron chi connectivity index (χ4n) is 4.40. The van der Waals surface area contributed by atoms with Crippen molar-refractivity contribution in [3.05, 3.63) is 71.9 Å². The number of halogens is 1.